The van der Waals surface area contributed by atoms with Crippen molar-refractivity contribution < 1.29 is 14.3 Å². The summed E-state index contributed by atoms with van der Waals surface area (Å²) in [6.45, 7) is 5.80. The molecular formula is C17H28N2O3. The zero-order chi connectivity index (χ0) is 16.5. The molecule has 5 nitrogen and oxygen atoms in total. The van der Waals surface area contributed by atoms with Crippen molar-refractivity contribution in [2.24, 2.45) is 0 Å². The number of ether oxygens (including phenoxy) is 2. The van der Waals surface area contributed by atoms with Crippen LogP contribution in [0.4, 0.5) is 5.69 Å². The minimum absolute atomic E-state index is 0.181. The lowest BCUT2D eigenvalue weighted by molar-refractivity contribution is -0.131. The molecular weight excluding hydrogens is 280 g/mol. The van der Waals surface area contributed by atoms with Gasteiger partial charge < -0.3 is 20.1 Å². The van der Waals surface area contributed by atoms with Crippen LogP contribution in [0.2, 0.25) is 0 Å². The monoisotopic (exact) mass is 308 g/mol. The summed E-state index contributed by atoms with van der Waals surface area (Å²) >= 11 is 0. The molecule has 0 spiro atoms. The quantitative estimate of drug-likeness (QED) is 0.712. The van der Waals surface area contributed by atoms with Gasteiger partial charge in [-0.05, 0) is 30.9 Å². The number of carbonyl (C=O) groups is 1. The van der Waals surface area contributed by atoms with Crippen LogP contribution in [0.5, 0.6) is 11.5 Å². The van der Waals surface area contributed by atoms with Crippen LogP contribution in [0.15, 0.2) is 12.1 Å². The number of anilines is 1. The number of carbonyl (C=O) groups excluding carboxylic acids is 1. The zero-order valence-electron chi connectivity index (χ0n) is 14.1. The van der Waals surface area contributed by atoms with Gasteiger partial charge in [0.25, 0.3) is 0 Å². The maximum Gasteiger partial charge on any atom is 0.222 e. The highest BCUT2D eigenvalue weighted by Crippen LogP contribution is 2.31. The molecule has 5 heteroatoms. The smallest absolute Gasteiger partial charge is 0.222 e. The highest BCUT2D eigenvalue weighted by molar-refractivity contribution is 5.76. The van der Waals surface area contributed by atoms with Gasteiger partial charge in [0.05, 0.1) is 19.9 Å². The zero-order valence-corrected chi connectivity index (χ0v) is 14.1. The minimum Gasteiger partial charge on any atom is -0.496 e. The van der Waals surface area contributed by atoms with Gasteiger partial charge in [-0.2, -0.15) is 0 Å². The largest absolute Gasteiger partial charge is 0.496 e. The Hall–Kier alpha value is -1.91. The molecule has 0 radical (unpaired) electrons. The third kappa shape index (κ3) is 4.83. The van der Waals surface area contributed by atoms with Crippen LogP contribution in [-0.2, 0) is 11.2 Å². The maximum absolute atomic E-state index is 12.3. The lowest BCUT2D eigenvalue weighted by Gasteiger charge is -2.21. The van der Waals surface area contributed by atoms with E-state index in [2.05, 4.69) is 13.8 Å². The highest BCUT2D eigenvalue weighted by Gasteiger charge is 2.14. The maximum atomic E-state index is 12.3. The van der Waals surface area contributed by atoms with Gasteiger partial charge in [0.1, 0.15) is 11.5 Å². The lowest BCUT2D eigenvalue weighted by Crippen LogP contribution is -2.32. The Balaban J connectivity index is 2.78. The predicted octanol–water partition coefficient (Wildman–Crippen LogP) is 2.87. The van der Waals surface area contributed by atoms with Gasteiger partial charge in [-0.25, -0.2) is 0 Å². The lowest BCUT2D eigenvalue weighted by atomic mass is 10.1. The third-order valence-corrected chi connectivity index (χ3v) is 3.58. The number of methoxy groups -OCH3 is 2. The molecule has 0 saturated heterocycles. The van der Waals surface area contributed by atoms with E-state index in [-0.39, 0.29) is 5.91 Å². The fourth-order valence-corrected chi connectivity index (χ4v) is 2.49. The molecule has 0 aliphatic heterocycles. The van der Waals surface area contributed by atoms with Gasteiger partial charge in [0.2, 0.25) is 5.91 Å². The number of nitrogens with two attached hydrogens (primary N) is 1. The average Bonchev–Trinajstić information content (AvgIpc) is 2.52. The van der Waals surface area contributed by atoms with Crippen LogP contribution in [-0.4, -0.2) is 38.1 Å². The van der Waals surface area contributed by atoms with Crippen molar-refractivity contribution in [1.82, 2.24) is 4.90 Å². The molecule has 0 bridgehead atoms. The van der Waals surface area contributed by atoms with Crippen molar-refractivity contribution in [2.45, 2.75) is 39.5 Å². The second-order valence-corrected chi connectivity index (χ2v) is 5.29. The van der Waals surface area contributed by atoms with Gasteiger partial charge in [-0.3, -0.25) is 4.79 Å². The molecule has 1 aromatic rings. The van der Waals surface area contributed by atoms with Crippen molar-refractivity contribution >= 4 is 11.6 Å². The van der Waals surface area contributed by atoms with E-state index in [4.69, 9.17) is 15.2 Å². The first kappa shape index (κ1) is 18.1. The van der Waals surface area contributed by atoms with E-state index in [9.17, 15) is 4.79 Å². The molecule has 0 saturated carbocycles. The average molecular weight is 308 g/mol. The van der Waals surface area contributed by atoms with Gasteiger partial charge in [-0.15, -0.1) is 0 Å². The summed E-state index contributed by atoms with van der Waals surface area (Å²) in [5.41, 5.74) is 7.43. The Bertz CT molecular complexity index is 483. The molecule has 2 N–H and O–H groups in total. The van der Waals surface area contributed by atoms with Crippen LogP contribution in [0.25, 0.3) is 0 Å². The van der Waals surface area contributed by atoms with Crippen molar-refractivity contribution in [1.29, 1.82) is 0 Å². The molecule has 0 aromatic heterocycles. The number of hydrogen-bond donors (Lipinski definition) is 1. The molecule has 1 amide bonds. The summed E-state index contributed by atoms with van der Waals surface area (Å²) in [4.78, 5) is 14.3. The standard InChI is InChI=1S/C17H28N2O3/c1-5-9-19(10-6-2)17(20)8-7-13-11-14(18)16(22-4)12-15(13)21-3/h11-12H,5-10,18H2,1-4H3. The number of nitrogen functional groups attached to an aromatic ring is 1. The van der Waals surface area contributed by atoms with Crippen LogP contribution >= 0.6 is 0 Å². The first-order valence-electron chi connectivity index (χ1n) is 7.85. The molecule has 0 atom stereocenters. The number of amides is 1. The molecule has 124 valence electrons. The highest BCUT2D eigenvalue weighted by atomic mass is 16.5. The molecule has 0 heterocycles. The van der Waals surface area contributed by atoms with Gasteiger partial charge in [-0.1, -0.05) is 13.8 Å². The van der Waals surface area contributed by atoms with Crippen LogP contribution in [0.1, 0.15) is 38.7 Å². The molecule has 0 aliphatic carbocycles. The summed E-state index contributed by atoms with van der Waals surface area (Å²) in [6, 6.07) is 3.60. The molecule has 22 heavy (non-hydrogen) atoms. The second-order valence-electron chi connectivity index (χ2n) is 5.29. The van der Waals surface area contributed by atoms with Crippen LogP contribution in [0.3, 0.4) is 0 Å². The topological polar surface area (TPSA) is 64.8 Å². The van der Waals surface area contributed by atoms with E-state index >= 15 is 0 Å². The summed E-state index contributed by atoms with van der Waals surface area (Å²) in [5, 5.41) is 0. The van der Waals surface area contributed by atoms with Crippen molar-refractivity contribution in [3.8, 4) is 11.5 Å². The summed E-state index contributed by atoms with van der Waals surface area (Å²) in [7, 11) is 3.18. The first-order chi connectivity index (χ1) is 10.6. The minimum atomic E-state index is 0.181. The predicted molar refractivity (Wildman–Crippen MR) is 89.4 cm³/mol. The third-order valence-electron chi connectivity index (χ3n) is 3.58. The molecule has 1 aromatic carbocycles. The van der Waals surface area contributed by atoms with Crippen LogP contribution in [0, 0.1) is 0 Å². The molecule has 1 rings (SSSR count). The Morgan fingerprint density at radius 2 is 1.68 bits per heavy atom. The summed E-state index contributed by atoms with van der Waals surface area (Å²) in [5.74, 6) is 1.47. The van der Waals surface area contributed by atoms with Crippen molar-refractivity contribution in [2.75, 3.05) is 33.0 Å². The number of nitrogens with zero attached hydrogens (tertiary/aromatic N) is 1. The Morgan fingerprint density at radius 1 is 1.09 bits per heavy atom. The van der Waals surface area contributed by atoms with E-state index < -0.39 is 0 Å². The number of benzene rings is 1. The Labute approximate surface area is 133 Å². The van der Waals surface area contributed by atoms with Crippen molar-refractivity contribution in [3.63, 3.8) is 0 Å². The fraction of sp³-hybridized carbons (Fsp3) is 0.588. The second kappa shape index (κ2) is 9.18. The molecule has 0 aliphatic rings. The normalized spacial score (nSPS) is 10.4. The fourth-order valence-electron chi connectivity index (χ4n) is 2.49. The Morgan fingerprint density at radius 3 is 2.18 bits per heavy atom. The SMILES string of the molecule is CCCN(CCC)C(=O)CCc1cc(N)c(OC)cc1OC. The van der Waals surface area contributed by atoms with Gasteiger partial charge >= 0.3 is 0 Å². The van der Waals surface area contributed by atoms with Gasteiger partial charge in [0, 0.05) is 25.6 Å². The molecule has 0 fully saturated rings. The summed E-state index contributed by atoms with van der Waals surface area (Å²) < 4.78 is 10.6. The van der Waals surface area contributed by atoms with E-state index in [0.29, 0.717) is 30.0 Å². The van der Waals surface area contributed by atoms with Gasteiger partial charge in [0.15, 0.2) is 0 Å². The van der Waals surface area contributed by atoms with Crippen LogP contribution < -0.4 is 15.2 Å². The number of hydrogen-bond acceptors (Lipinski definition) is 4. The van der Waals surface area contributed by atoms with E-state index in [1.54, 1.807) is 20.3 Å². The first-order valence-corrected chi connectivity index (χ1v) is 7.85. The van der Waals surface area contributed by atoms with E-state index in [1.807, 2.05) is 11.0 Å². The van der Waals surface area contributed by atoms with E-state index in [1.165, 1.54) is 0 Å². The van der Waals surface area contributed by atoms with E-state index in [0.717, 1.165) is 31.5 Å². The Kier molecular flexibility index (Phi) is 7.57. The number of rotatable bonds is 9. The van der Waals surface area contributed by atoms with Crippen molar-refractivity contribution in [3.05, 3.63) is 17.7 Å². The number of aryl methyl sites for hydroxylation is 1. The summed E-state index contributed by atoms with van der Waals surface area (Å²) in [6.07, 6.45) is 3.03. The molecule has 0 unspecified atom stereocenters.